The van der Waals surface area contributed by atoms with Crippen molar-refractivity contribution in [2.24, 2.45) is 5.92 Å². The smallest absolute Gasteiger partial charge is 0.333 e. The number of ether oxygens (including phenoxy) is 2. The number of hydrogen-bond donors (Lipinski definition) is 0. The molecule has 0 aliphatic carbocycles. The van der Waals surface area contributed by atoms with E-state index in [1.54, 1.807) is 6.92 Å². The van der Waals surface area contributed by atoms with Crippen molar-refractivity contribution in [3.63, 3.8) is 0 Å². The molecule has 0 radical (unpaired) electrons. The van der Waals surface area contributed by atoms with Crippen molar-refractivity contribution in [2.75, 3.05) is 13.7 Å². The lowest BCUT2D eigenvalue weighted by atomic mass is 10.1. The lowest BCUT2D eigenvalue weighted by Crippen LogP contribution is -2.08. The highest BCUT2D eigenvalue weighted by molar-refractivity contribution is 5.87. The highest BCUT2D eigenvalue weighted by atomic mass is 16.5. The molecule has 0 aromatic heterocycles. The van der Waals surface area contributed by atoms with Crippen LogP contribution in [0.5, 0.6) is 0 Å². The summed E-state index contributed by atoms with van der Waals surface area (Å²) in [6.45, 7) is 4.94. The van der Waals surface area contributed by atoms with E-state index in [0.717, 1.165) is 5.56 Å². The molecule has 0 amide bonds. The van der Waals surface area contributed by atoms with E-state index in [4.69, 9.17) is 4.74 Å². The molecule has 3 heteroatoms. The third-order valence-corrected chi connectivity index (χ3v) is 2.53. The monoisotopic (exact) mass is 248 g/mol. The average molecular weight is 248 g/mol. The quantitative estimate of drug-likeness (QED) is 0.573. The molecule has 3 nitrogen and oxygen atoms in total. The molecule has 0 aliphatic heterocycles. The molecule has 98 valence electrons. The molecular formula is C15H20O3. The Morgan fingerprint density at radius 2 is 2.00 bits per heavy atom. The molecule has 1 aromatic rings. The van der Waals surface area contributed by atoms with E-state index in [2.05, 4.69) is 4.74 Å². The van der Waals surface area contributed by atoms with Gasteiger partial charge in [0.1, 0.15) is 0 Å². The third kappa shape index (κ3) is 5.15. The van der Waals surface area contributed by atoms with Crippen LogP contribution in [0.15, 0.2) is 42.0 Å². The van der Waals surface area contributed by atoms with E-state index in [-0.39, 0.29) is 11.9 Å². The lowest BCUT2D eigenvalue weighted by Gasteiger charge is -2.09. The number of carbonyl (C=O) groups excluding carboxylic acids is 1. The van der Waals surface area contributed by atoms with Gasteiger partial charge in [-0.1, -0.05) is 43.3 Å². The molecule has 0 spiro atoms. The SMILES string of the molecule is COC(=O)C(C)=CC(C)COCc1ccccc1. The molecule has 0 aliphatic rings. The first-order chi connectivity index (χ1) is 8.63. The predicted molar refractivity (Wildman–Crippen MR) is 71.0 cm³/mol. The minimum absolute atomic E-state index is 0.188. The second-order valence-electron chi connectivity index (χ2n) is 4.32. The Hall–Kier alpha value is -1.61. The summed E-state index contributed by atoms with van der Waals surface area (Å²) in [7, 11) is 1.39. The summed E-state index contributed by atoms with van der Waals surface area (Å²) in [5.41, 5.74) is 1.77. The van der Waals surface area contributed by atoms with E-state index >= 15 is 0 Å². The summed E-state index contributed by atoms with van der Waals surface area (Å²) in [6.07, 6.45) is 1.87. The highest BCUT2D eigenvalue weighted by Crippen LogP contribution is 2.07. The fraction of sp³-hybridized carbons (Fsp3) is 0.400. The van der Waals surface area contributed by atoms with Gasteiger partial charge in [-0.05, 0) is 18.4 Å². The Morgan fingerprint density at radius 3 is 2.61 bits per heavy atom. The molecule has 0 bridgehead atoms. The van der Waals surface area contributed by atoms with Gasteiger partial charge < -0.3 is 9.47 Å². The third-order valence-electron chi connectivity index (χ3n) is 2.53. The van der Waals surface area contributed by atoms with E-state index in [1.165, 1.54) is 7.11 Å². The summed E-state index contributed by atoms with van der Waals surface area (Å²) in [4.78, 5) is 11.2. The fourth-order valence-corrected chi connectivity index (χ4v) is 1.64. The minimum Gasteiger partial charge on any atom is -0.466 e. The largest absolute Gasteiger partial charge is 0.466 e. The van der Waals surface area contributed by atoms with Crippen molar-refractivity contribution in [1.29, 1.82) is 0 Å². The molecule has 1 rings (SSSR count). The van der Waals surface area contributed by atoms with Crippen LogP contribution >= 0.6 is 0 Å². The zero-order chi connectivity index (χ0) is 13.4. The van der Waals surface area contributed by atoms with Crippen molar-refractivity contribution in [1.82, 2.24) is 0 Å². The first kappa shape index (κ1) is 14.5. The van der Waals surface area contributed by atoms with Crippen molar-refractivity contribution < 1.29 is 14.3 Å². The van der Waals surface area contributed by atoms with Gasteiger partial charge in [-0.3, -0.25) is 0 Å². The number of hydrogen-bond acceptors (Lipinski definition) is 3. The van der Waals surface area contributed by atoms with Crippen LogP contribution in [-0.2, 0) is 20.9 Å². The van der Waals surface area contributed by atoms with Crippen molar-refractivity contribution in [3.05, 3.63) is 47.5 Å². The predicted octanol–water partition coefficient (Wildman–Crippen LogP) is 2.96. The van der Waals surface area contributed by atoms with Crippen LogP contribution in [0, 0.1) is 5.92 Å². The first-order valence-corrected chi connectivity index (χ1v) is 6.02. The zero-order valence-corrected chi connectivity index (χ0v) is 11.2. The number of rotatable bonds is 6. The van der Waals surface area contributed by atoms with E-state index in [0.29, 0.717) is 18.8 Å². The summed E-state index contributed by atoms with van der Waals surface area (Å²) >= 11 is 0. The van der Waals surface area contributed by atoms with Crippen LogP contribution in [0.25, 0.3) is 0 Å². The van der Waals surface area contributed by atoms with E-state index in [1.807, 2.05) is 43.3 Å². The average Bonchev–Trinajstić information content (AvgIpc) is 2.38. The maximum atomic E-state index is 11.2. The first-order valence-electron chi connectivity index (χ1n) is 6.02. The van der Waals surface area contributed by atoms with Crippen molar-refractivity contribution in [3.8, 4) is 0 Å². The summed E-state index contributed by atoms with van der Waals surface area (Å²) < 4.78 is 10.2. The normalized spacial score (nSPS) is 13.2. The molecular weight excluding hydrogens is 228 g/mol. The highest BCUT2D eigenvalue weighted by Gasteiger charge is 2.06. The molecule has 0 saturated carbocycles. The summed E-state index contributed by atoms with van der Waals surface area (Å²) in [5.74, 6) is -0.0993. The van der Waals surface area contributed by atoms with Gasteiger partial charge in [0.25, 0.3) is 0 Å². The standard InChI is InChI=1S/C15H20O3/c1-12(9-13(2)15(16)17-3)10-18-11-14-7-5-4-6-8-14/h4-9,12H,10-11H2,1-3H3. The van der Waals surface area contributed by atoms with E-state index in [9.17, 15) is 4.79 Å². The van der Waals surface area contributed by atoms with Gasteiger partial charge in [0.05, 0.1) is 20.3 Å². The summed E-state index contributed by atoms with van der Waals surface area (Å²) in [6, 6.07) is 10.0. The van der Waals surface area contributed by atoms with Gasteiger partial charge >= 0.3 is 5.97 Å². The van der Waals surface area contributed by atoms with Crippen LogP contribution in [0.4, 0.5) is 0 Å². The van der Waals surface area contributed by atoms with Crippen molar-refractivity contribution >= 4 is 5.97 Å². The molecule has 0 N–H and O–H groups in total. The van der Waals surface area contributed by atoms with Gasteiger partial charge in [0.15, 0.2) is 0 Å². The molecule has 1 unspecified atom stereocenters. The Bertz CT molecular complexity index is 395. The molecule has 18 heavy (non-hydrogen) atoms. The lowest BCUT2D eigenvalue weighted by molar-refractivity contribution is -0.136. The topological polar surface area (TPSA) is 35.5 Å². The molecule has 0 fully saturated rings. The second kappa shape index (κ2) is 7.67. The van der Waals surface area contributed by atoms with Gasteiger partial charge in [0, 0.05) is 5.57 Å². The van der Waals surface area contributed by atoms with Crippen LogP contribution < -0.4 is 0 Å². The van der Waals surface area contributed by atoms with E-state index < -0.39 is 0 Å². The van der Waals surface area contributed by atoms with Gasteiger partial charge in [0.2, 0.25) is 0 Å². The number of carbonyl (C=O) groups is 1. The number of methoxy groups -OCH3 is 1. The van der Waals surface area contributed by atoms with Gasteiger partial charge in [-0.2, -0.15) is 0 Å². The maximum absolute atomic E-state index is 11.2. The van der Waals surface area contributed by atoms with Crippen molar-refractivity contribution in [2.45, 2.75) is 20.5 Å². The van der Waals surface area contributed by atoms with Crippen LogP contribution in [0.3, 0.4) is 0 Å². The number of esters is 1. The van der Waals surface area contributed by atoms with Crippen LogP contribution in [0.2, 0.25) is 0 Å². The van der Waals surface area contributed by atoms with Gasteiger partial charge in [-0.15, -0.1) is 0 Å². The molecule has 0 heterocycles. The molecule has 1 aromatic carbocycles. The van der Waals surface area contributed by atoms with Gasteiger partial charge in [-0.25, -0.2) is 4.79 Å². The van der Waals surface area contributed by atoms with Crippen LogP contribution in [0.1, 0.15) is 19.4 Å². The number of benzene rings is 1. The summed E-state index contributed by atoms with van der Waals surface area (Å²) in [5, 5.41) is 0. The Labute approximate surface area is 108 Å². The maximum Gasteiger partial charge on any atom is 0.333 e. The van der Waals surface area contributed by atoms with Crippen LogP contribution in [-0.4, -0.2) is 19.7 Å². The zero-order valence-electron chi connectivity index (χ0n) is 11.2. The Morgan fingerprint density at radius 1 is 1.33 bits per heavy atom. The minimum atomic E-state index is -0.287. The Balaban J connectivity index is 2.33. The molecule has 1 atom stereocenters. The second-order valence-corrected chi connectivity index (χ2v) is 4.32. The fourth-order valence-electron chi connectivity index (χ4n) is 1.64. The Kier molecular flexibility index (Phi) is 6.15. The molecule has 0 saturated heterocycles.